The fourth-order valence-corrected chi connectivity index (χ4v) is 6.51. The molecule has 2 N–H and O–H groups in total. The van der Waals surface area contributed by atoms with E-state index in [0.717, 1.165) is 87.5 Å². The lowest BCUT2D eigenvalue weighted by Crippen LogP contribution is -2.44. The number of carbonyl (C=O) groups is 2. The van der Waals surface area contributed by atoms with E-state index in [0.29, 0.717) is 24.3 Å². The number of aromatic nitrogens is 3. The van der Waals surface area contributed by atoms with Crippen LogP contribution in [0.3, 0.4) is 0 Å². The highest BCUT2D eigenvalue weighted by atomic mass is 19.1. The van der Waals surface area contributed by atoms with Gasteiger partial charge in [0.05, 0.1) is 6.20 Å². The fourth-order valence-electron chi connectivity index (χ4n) is 6.51. The first-order valence-corrected chi connectivity index (χ1v) is 17.2. The van der Waals surface area contributed by atoms with Crippen molar-refractivity contribution >= 4 is 11.8 Å². The minimum atomic E-state index is -0.619. The number of hydrogen-bond donors (Lipinski definition) is 2. The molecule has 0 saturated heterocycles. The minimum absolute atomic E-state index is 0.00649. The van der Waals surface area contributed by atoms with E-state index >= 15 is 0 Å². The van der Waals surface area contributed by atoms with Crippen molar-refractivity contribution in [3.63, 3.8) is 0 Å². The van der Waals surface area contributed by atoms with Crippen molar-refractivity contribution in [3.8, 4) is 22.8 Å². The number of halogens is 1. The Morgan fingerprint density at radius 3 is 2.37 bits per heavy atom. The largest absolute Gasteiger partial charge is 0.438 e. The predicted molar refractivity (Wildman–Crippen MR) is 187 cm³/mol. The average molecular weight is 668 g/mol. The predicted octanol–water partition coefficient (Wildman–Crippen LogP) is 5.68. The van der Waals surface area contributed by atoms with Crippen LogP contribution in [0.25, 0.3) is 11.1 Å². The van der Waals surface area contributed by atoms with Gasteiger partial charge in [0.15, 0.2) is 0 Å². The monoisotopic (exact) mass is 667 g/mol. The summed E-state index contributed by atoms with van der Waals surface area (Å²) in [5.74, 6) is 0.295. The van der Waals surface area contributed by atoms with E-state index in [4.69, 9.17) is 4.74 Å². The molecule has 2 aliphatic rings. The summed E-state index contributed by atoms with van der Waals surface area (Å²) in [4.78, 5) is 39.4. The van der Waals surface area contributed by atoms with E-state index in [1.807, 2.05) is 24.4 Å². The SMILES string of the molecule is CN(C)CCN(C)Cc1ccc(-c2cccc(Oc3ncc(F)cc3C(=O)NC3CCC(NC(=O)c4cn5c(n4)CCCC5)CC3)c2)cc1. The van der Waals surface area contributed by atoms with E-state index in [-0.39, 0.29) is 29.4 Å². The molecule has 0 atom stereocenters. The van der Waals surface area contributed by atoms with Gasteiger partial charge in [-0.2, -0.15) is 0 Å². The molecular weight excluding hydrogens is 621 g/mol. The Morgan fingerprint density at radius 2 is 1.65 bits per heavy atom. The van der Waals surface area contributed by atoms with Crippen molar-refractivity contribution < 1.29 is 18.7 Å². The van der Waals surface area contributed by atoms with E-state index in [1.165, 1.54) is 5.56 Å². The van der Waals surface area contributed by atoms with Crippen molar-refractivity contribution in [2.75, 3.05) is 34.2 Å². The van der Waals surface area contributed by atoms with Gasteiger partial charge in [-0.25, -0.2) is 14.4 Å². The van der Waals surface area contributed by atoms with Crippen molar-refractivity contribution in [2.24, 2.45) is 0 Å². The zero-order chi connectivity index (χ0) is 34.3. The molecule has 2 aromatic carbocycles. The van der Waals surface area contributed by atoms with Gasteiger partial charge < -0.3 is 29.7 Å². The maximum absolute atomic E-state index is 14.3. The lowest BCUT2D eigenvalue weighted by Gasteiger charge is -2.29. The Morgan fingerprint density at radius 1 is 0.918 bits per heavy atom. The molecule has 0 radical (unpaired) electrons. The summed E-state index contributed by atoms with van der Waals surface area (Å²) in [6.45, 7) is 3.76. The Kier molecular flexibility index (Phi) is 11.0. The number of nitrogens with zero attached hydrogens (tertiary/aromatic N) is 5. The van der Waals surface area contributed by atoms with Crippen LogP contribution in [0.1, 0.15) is 70.8 Å². The third kappa shape index (κ3) is 9.10. The van der Waals surface area contributed by atoms with Gasteiger partial charge in [0.25, 0.3) is 11.8 Å². The van der Waals surface area contributed by atoms with E-state index in [2.05, 4.69) is 80.4 Å². The summed E-state index contributed by atoms with van der Waals surface area (Å²) in [6, 6.07) is 17.1. The average Bonchev–Trinajstić information content (AvgIpc) is 3.54. The highest BCUT2D eigenvalue weighted by molar-refractivity contribution is 5.96. The number of nitrogens with one attached hydrogen (secondary N) is 2. The Hall–Kier alpha value is -4.61. The van der Waals surface area contributed by atoms with E-state index in [9.17, 15) is 14.0 Å². The maximum Gasteiger partial charge on any atom is 0.271 e. The summed E-state index contributed by atoms with van der Waals surface area (Å²) in [5.41, 5.74) is 3.72. The Bertz CT molecular complexity index is 1720. The number of rotatable bonds is 12. The topological polar surface area (TPSA) is 105 Å². The molecule has 1 saturated carbocycles. The number of pyridine rings is 1. The second kappa shape index (κ2) is 15.7. The number of likely N-dealkylation sites (N-methyl/N-ethyl adjacent to an activating group) is 2. The highest BCUT2D eigenvalue weighted by Gasteiger charge is 2.27. The maximum atomic E-state index is 14.3. The molecule has 0 spiro atoms. The van der Waals surface area contributed by atoms with Crippen LogP contribution in [0.4, 0.5) is 4.39 Å². The first-order valence-electron chi connectivity index (χ1n) is 17.2. The van der Waals surface area contributed by atoms with Gasteiger partial charge in [-0.3, -0.25) is 9.59 Å². The molecule has 6 rings (SSSR count). The summed E-state index contributed by atoms with van der Waals surface area (Å²) in [5, 5.41) is 6.15. The smallest absolute Gasteiger partial charge is 0.271 e. The van der Waals surface area contributed by atoms with Crippen molar-refractivity contribution in [3.05, 3.63) is 95.5 Å². The van der Waals surface area contributed by atoms with Crippen LogP contribution in [0.15, 0.2) is 67.0 Å². The Labute approximate surface area is 287 Å². The van der Waals surface area contributed by atoms with Crippen LogP contribution >= 0.6 is 0 Å². The second-order valence-corrected chi connectivity index (χ2v) is 13.6. The lowest BCUT2D eigenvalue weighted by atomic mass is 9.91. The molecule has 258 valence electrons. The van der Waals surface area contributed by atoms with E-state index < -0.39 is 11.7 Å². The van der Waals surface area contributed by atoms with E-state index in [1.54, 1.807) is 6.07 Å². The summed E-state index contributed by atoms with van der Waals surface area (Å²) in [7, 11) is 6.28. The second-order valence-electron chi connectivity index (χ2n) is 13.6. The zero-order valence-electron chi connectivity index (χ0n) is 28.6. The van der Waals surface area contributed by atoms with Crippen molar-refractivity contribution in [1.29, 1.82) is 0 Å². The molecule has 0 unspecified atom stereocenters. The zero-order valence-corrected chi connectivity index (χ0v) is 28.6. The molecule has 0 bridgehead atoms. The number of hydrogen-bond acceptors (Lipinski definition) is 7. The van der Waals surface area contributed by atoms with Crippen LogP contribution < -0.4 is 15.4 Å². The highest BCUT2D eigenvalue weighted by Crippen LogP contribution is 2.29. The van der Waals surface area contributed by atoms with Gasteiger partial charge in [0, 0.05) is 50.9 Å². The molecule has 2 amide bonds. The lowest BCUT2D eigenvalue weighted by molar-refractivity contribution is 0.0887. The molecule has 2 aromatic heterocycles. The number of ether oxygens (including phenoxy) is 1. The Balaban J connectivity index is 1.04. The number of carbonyl (C=O) groups excluding carboxylic acids is 2. The molecular formula is C38H46FN7O3. The summed E-state index contributed by atoms with van der Waals surface area (Å²) < 4.78 is 22.5. The van der Waals surface area contributed by atoms with Crippen LogP contribution in [0.2, 0.25) is 0 Å². The van der Waals surface area contributed by atoms with Crippen molar-refractivity contribution in [2.45, 2.75) is 70.1 Å². The molecule has 1 fully saturated rings. The van der Waals surface area contributed by atoms with Gasteiger partial charge in [-0.05, 0) is 94.6 Å². The van der Waals surface area contributed by atoms with Crippen LogP contribution in [0.5, 0.6) is 11.6 Å². The van der Waals surface area contributed by atoms with Crippen LogP contribution in [-0.4, -0.2) is 82.5 Å². The molecule has 49 heavy (non-hydrogen) atoms. The summed E-state index contributed by atoms with van der Waals surface area (Å²) in [6.07, 6.45) is 8.82. The van der Waals surface area contributed by atoms with Crippen LogP contribution in [-0.2, 0) is 19.5 Å². The molecule has 1 aliphatic carbocycles. The number of benzene rings is 2. The van der Waals surface area contributed by atoms with Gasteiger partial charge in [0.1, 0.15) is 28.6 Å². The quantitative estimate of drug-likeness (QED) is 0.201. The number of fused-ring (bicyclic) bond motifs is 1. The number of aryl methyl sites for hydroxylation is 2. The van der Waals surface area contributed by atoms with Crippen LogP contribution in [0, 0.1) is 5.82 Å². The molecule has 10 nitrogen and oxygen atoms in total. The molecule has 1 aliphatic heterocycles. The number of imidazole rings is 1. The number of amides is 2. The third-order valence-corrected chi connectivity index (χ3v) is 9.32. The normalized spacial score (nSPS) is 17.5. The molecule has 3 heterocycles. The van der Waals surface area contributed by atoms with Crippen molar-refractivity contribution in [1.82, 2.24) is 35.0 Å². The van der Waals surface area contributed by atoms with Gasteiger partial charge in [-0.1, -0.05) is 36.4 Å². The fraction of sp³-hybridized carbons (Fsp3) is 0.421. The molecule has 11 heteroatoms. The van der Waals surface area contributed by atoms with Gasteiger partial charge in [0.2, 0.25) is 5.88 Å². The molecule has 4 aromatic rings. The first kappa shape index (κ1) is 34.3. The van der Waals surface area contributed by atoms with Gasteiger partial charge >= 0.3 is 0 Å². The first-order chi connectivity index (χ1) is 23.7. The summed E-state index contributed by atoms with van der Waals surface area (Å²) >= 11 is 0. The minimum Gasteiger partial charge on any atom is -0.438 e. The standard InChI is InChI=1S/C38H46FN7O3/c1-44(2)19-20-45(3)24-26-10-12-27(13-11-26)28-7-6-8-32(21-28)49-38-33(22-29(39)23-40-38)36(47)41-30-14-16-31(17-15-30)42-37(48)34-25-46-18-5-4-9-35(46)43-34/h6-8,10-13,21-23,25,30-31H,4-5,9,14-20,24H2,1-3H3,(H,41,47)(H,42,48). The van der Waals surface area contributed by atoms with Gasteiger partial charge in [-0.15, -0.1) is 0 Å². The third-order valence-electron chi connectivity index (χ3n) is 9.32.